The Bertz CT molecular complexity index is 1150. The number of nitrogens with zero attached hydrogens (tertiary/aromatic N) is 1. The van der Waals surface area contributed by atoms with E-state index in [1.165, 1.54) is 5.56 Å². The molecule has 0 aromatic heterocycles. The number of methoxy groups -OCH3 is 2. The van der Waals surface area contributed by atoms with Gasteiger partial charge in [0, 0.05) is 18.7 Å². The first-order valence-corrected chi connectivity index (χ1v) is 12.7. The van der Waals surface area contributed by atoms with Gasteiger partial charge in [0.1, 0.15) is 5.37 Å². The van der Waals surface area contributed by atoms with Crippen LogP contribution in [-0.2, 0) is 17.6 Å². The van der Waals surface area contributed by atoms with E-state index in [0.29, 0.717) is 42.3 Å². The van der Waals surface area contributed by atoms with E-state index in [0.717, 1.165) is 17.5 Å². The maximum atomic E-state index is 12.6. The van der Waals surface area contributed by atoms with Crippen LogP contribution in [-0.4, -0.2) is 49.8 Å². The maximum absolute atomic E-state index is 12.6. The number of carbonyl (C=O) groups excluding carboxylic acids is 2. The smallest absolute Gasteiger partial charge is 0.251 e. The zero-order chi connectivity index (χ0) is 24.6. The summed E-state index contributed by atoms with van der Waals surface area (Å²) >= 11 is 1.63. The molecule has 1 N–H and O–H groups in total. The van der Waals surface area contributed by atoms with Crippen LogP contribution in [0, 0.1) is 0 Å². The lowest BCUT2D eigenvalue weighted by molar-refractivity contribution is -0.128. The molecule has 182 valence electrons. The second-order valence-electron chi connectivity index (χ2n) is 8.30. The molecular formula is C28H30N2O4S. The van der Waals surface area contributed by atoms with E-state index in [1.54, 1.807) is 26.0 Å². The number of nitrogens with one attached hydrogen (secondary N) is 1. The molecule has 4 rings (SSSR count). The number of hydrogen-bond donors (Lipinski definition) is 1. The lowest BCUT2D eigenvalue weighted by atomic mass is 10.1. The van der Waals surface area contributed by atoms with Gasteiger partial charge in [-0.25, -0.2) is 0 Å². The maximum Gasteiger partial charge on any atom is 0.251 e. The van der Waals surface area contributed by atoms with Crippen molar-refractivity contribution in [3.63, 3.8) is 0 Å². The third-order valence-electron chi connectivity index (χ3n) is 6.06. The van der Waals surface area contributed by atoms with Gasteiger partial charge in [0.25, 0.3) is 5.91 Å². The quantitative estimate of drug-likeness (QED) is 0.454. The van der Waals surface area contributed by atoms with Crippen molar-refractivity contribution >= 4 is 23.6 Å². The summed E-state index contributed by atoms with van der Waals surface area (Å²) in [6.45, 7) is 1.19. The number of hydrogen-bond acceptors (Lipinski definition) is 5. The van der Waals surface area contributed by atoms with Crippen LogP contribution in [0.4, 0.5) is 0 Å². The lowest BCUT2D eigenvalue weighted by Gasteiger charge is -2.24. The van der Waals surface area contributed by atoms with Crippen molar-refractivity contribution in [2.24, 2.45) is 0 Å². The molecule has 0 saturated carbocycles. The summed E-state index contributed by atoms with van der Waals surface area (Å²) in [5, 5.41) is 2.96. The number of rotatable bonds is 10. The molecule has 1 heterocycles. The summed E-state index contributed by atoms with van der Waals surface area (Å²) in [5.74, 6) is 1.88. The molecule has 3 aromatic carbocycles. The van der Waals surface area contributed by atoms with Crippen LogP contribution in [0.3, 0.4) is 0 Å². The van der Waals surface area contributed by atoms with Gasteiger partial charge in [0.2, 0.25) is 5.91 Å². The Morgan fingerprint density at radius 2 is 1.69 bits per heavy atom. The Balaban J connectivity index is 1.32. The largest absolute Gasteiger partial charge is 0.493 e. The van der Waals surface area contributed by atoms with Gasteiger partial charge in [-0.2, -0.15) is 0 Å². The summed E-state index contributed by atoms with van der Waals surface area (Å²) in [4.78, 5) is 27.1. The number of thioether (sulfide) groups is 1. The molecule has 2 amide bonds. The molecule has 1 saturated heterocycles. The minimum atomic E-state index is -0.117. The zero-order valence-corrected chi connectivity index (χ0v) is 20.8. The average Bonchev–Trinajstić information content (AvgIpc) is 3.28. The van der Waals surface area contributed by atoms with E-state index >= 15 is 0 Å². The van der Waals surface area contributed by atoms with Gasteiger partial charge in [-0.3, -0.25) is 9.59 Å². The number of benzene rings is 3. The Morgan fingerprint density at radius 3 is 2.40 bits per heavy atom. The fourth-order valence-corrected chi connectivity index (χ4v) is 5.34. The second kappa shape index (κ2) is 11.8. The van der Waals surface area contributed by atoms with E-state index < -0.39 is 0 Å². The van der Waals surface area contributed by atoms with Gasteiger partial charge in [-0.15, -0.1) is 11.8 Å². The Kier molecular flexibility index (Phi) is 8.32. The highest BCUT2D eigenvalue weighted by atomic mass is 32.2. The van der Waals surface area contributed by atoms with Gasteiger partial charge >= 0.3 is 0 Å². The molecule has 1 fully saturated rings. The molecule has 7 heteroatoms. The number of carbonyl (C=O) groups is 2. The molecule has 35 heavy (non-hydrogen) atoms. The van der Waals surface area contributed by atoms with Gasteiger partial charge in [0.05, 0.1) is 20.0 Å². The van der Waals surface area contributed by atoms with Crippen LogP contribution in [0.25, 0.3) is 0 Å². The highest BCUT2D eigenvalue weighted by molar-refractivity contribution is 8.00. The second-order valence-corrected chi connectivity index (χ2v) is 9.37. The van der Waals surface area contributed by atoms with Crippen LogP contribution in [0.15, 0.2) is 72.8 Å². The van der Waals surface area contributed by atoms with Crippen LogP contribution >= 0.6 is 11.8 Å². The summed E-state index contributed by atoms with van der Waals surface area (Å²) in [7, 11) is 3.21. The molecule has 1 aliphatic rings. The van der Waals surface area contributed by atoms with Gasteiger partial charge in [0.15, 0.2) is 11.5 Å². The third-order valence-corrected chi connectivity index (χ3v) is 7.31. The molecule has 1 atom stereocenters. The lowest BCUT2D eigenvalue weighted by Crippen LogP contribution is -2.30. The van der Waals surface area contributed by atoms with Crippen LogP contribution in [0.2, 0.25) is 0 Å². The van der Waals surface area contributed by atoms with E-state index in [9.17, 15) is 9.59 Å². The van der Waals surface area contributed by atoms with Gasteiger partial charge in [-0.1, -0.05) is 48.5 Å². The first-order valence-electron chi connectivity index (χ1n) is 11.6. The monoisotopic (exact) mass is 490 g/mol. The van der Waals surface area contributed by atoms with Gasteiger partial charge < -0.3 is 19.7 Å². The minimum Gasteiger partial charge on any atom is -0.493 e. The Labute approximate surface area is 210 Å². The van der Waals surface area contributed by atoms with Crippen LogP contribution < -0.4 is 14.8 Å². The van der Waals surface area contributed by atoms with E-state index in [-0.39, 0.29) is 17.2 Å². The van der Waals surface area contributed by atoms with Crippen molar-refractivity contribution in [3.05, 3.63) is 95.1 Å². The van der Waals surface area contributed by atoms with Crippen molar-refractivity contribution in [2.75, 3.05) is 33.1 Å². The first-order chi connectivity index (χ1) is 17.1. The molecule has 0 radical (unpaired) electrons. The van der Waals surface area contributed by atoms with E-state index in [4.69, 9.17) is 9.47 Å². The predicted octanol–water partition coefficient (Wildman–Crippen LogP) is 4.49. The topological polar surface area (TPSA) is 67.9 Å². The Hall–Kier alpha value is -3.45. The molecule has 0 bridgehead atoms. The standard InChI is InChI=1S/C28H30N2O4S/c1-33-24-13-8-21(18-25(24)34-2)14-16-29-27(32)22-9-11-23(12-10-22)28-30(26(31)19-35-28)17-15-20-6-4-3-5-7-20/h3-13,18,28H,14-17,19H2,1-2H3,(H,29,32)/t28-/m0/s1. The summed E-state index contributed by atoms with van der Waals surface area (Å²) in [5.41, 5.74) is 3.91. The number of amides is 2. The van der Waals surface area contributed by atoms with Crippen LogP contribution in [0.5, 0.6) is 11.5 Å². The molecular weight excluding hydrogens is 460 g/mol. The average molecular weight is 491 g/mol. The predicted molar refractivity (Wildman–Crippen MR) is 139 cm³/mol. The molecule has 0 spiro atoms. The highest BCUT2D eigenvalue weighted by Crippen LogP contribution is 2.38. The first kappa shape index (κ1) is 24.7. The SMILES string of the molecule is COc1ccc(CCNC(=O)c2ccc([C@@H]3SCC(=O)N3CCc3ccccc3)cc2)cc1OC. The molecule has 0 unspecified atom stereocenters. The number of ether oxygens (including phenoxy) is 2. The van der Waals surface area contributed by atoms with Crippen molar-refractivity contribution in [1.29, 1.82) is 0 Å². The summed E-state index contributed by atoms with van der Waals surface area (Å²) < 4.78 is 10.6. The van der Waals surface area contributed by atoms with E-state index in [2.05, 4.69) is 17.4 Å². The van der Waals surface area contributed by atoms with E-state index in [1.807, 2.05) is 65.6 Å². The van der Waals surface area contributed by atoms with Crippen molar-refractivity contribution in [1.82, 2.24) is 10.2 Å². The highest BCUT2D eigenvalue weighted by Gasteiger charge is 2.32. The van der Waals surface area contributed by atoms with Crippen LogP contribution in [0.1, 0.15) is 32.4 Å². The van der Waals surface area contributed by atoms with Crippen molar-refractivity contribution in [3.8, 4) is 11.5 Å². The Morgan fingerprint density at radius 1 is 0.943 bits per heavy atom. The van der Waals surface area contributed by atoms with Crippen molar-refractivity contribution < 1.29 is 19.1 Å². The zero-order valence-electron chi connectivity index (χ0n) is 20.0. The molecule has 0 aliphatic carbocycles. The molecule has 3 aromatic rings. The summed E-state index contributed by atoms with van der Waals surface area (Å²) in [6.07, 6.45) is 1.51. The van der Waals surface area contributed by atoms with Gasteiger partial charge in [-0.05, 0) is 53.8 Å². The fraction of sp³-hybridized carbons (Fsp3) is 0.286. The van der Waals surface area contributed by atoms with Crippen molar-refractivity contribution in [2.45, 2.75) is 18.2 Å². The fourth-order valence-electron chi connectivity index (χ4n) is 4.12. The summed E-state index contributed by atoms with van der Waals surface area (Å²) in [6, 6.07) is 23.5. The minimum absolute atomic E-state index is 0.0200. The normalized spacial score (nSPS) is 15.2. The third kappa shape index (κ3) is 6.17. The molecule has 1 aliphatic heterocycles. The molecule has 6 nitrogen and oxygen atoms in total.